The molecule has 0 spiro atoms. The minimum absolute atomic E-state index is 0.453. The topological polar surface area (TPSA) is 81.6 Å². The highest BCUT2D eigenvalue weighted by molar-refractivity contribution is 7.17. The van der Waals surface area contributed by atoms with Crippen molar-refractivity contribution < 1.29 is 0 Å². The number of rotatable bonds is 3. The first kappa shape index (κ1) is 13.5. The van der Waals surface area contributed by atoms with Crippen molar-refractivity contribution in [2.75, 3.05) is 11.1 Å². The fourth-order valence-electron chi connectivity index (χ4n) is 3.17. The van der Waals surface area contributed by atoms with E-state index in [9.17, 15) is 0 Å². The summed E-state index contributed by atoms with van der Waals surface area (Å²) in [5.41, 5.74) is 8.91. The lowest BCUT2D eigenvalue weighted by Gasteiger charge is -2.30. The zero-order chi connectivity index (χ0) is 14.9. The summed E-state index contributed by atoms with van der Waals surface area (Å²) in [6.45, 7) is 0. The summed E-state index contributed by atoms with van der Waals surface area (Å²) in [5.74, 6) is 0. The smallest absolute Gasteiger partial charge is 0.137 e. The highest BCUT2D eigenvalue weighted by atomic mass is 32.1. The van der Waals surface area contributed by atoms with Crippen molar-refractivity contribution in [2.45, 2.75) is 37.8 Å². The monoisotopic (exact) mass is 314 g/mol. The van der Waals surface area contributed by atoms with Gasteiger partial charge in [0.2, 0.25) is 0 Å². The second-order valence-corrected chi connectivity index (χ2v) is 6.66. The number of nitrogen functional groups attached to an aromatic ring is 1. The molecule has 3 N–H and O–H groups in total. The summed E-state index contributed by atoms with van der Waals surface area (Å²) >= 11 is 1.69. The number of hydrogen-bond donors (Lipinski definition) is 2. The Morgan fingerprint density at radius 3 is 2.91 bits per heavy atom. The number of anilines is 2. The number of fused-ring (bicyclic) bond motifs is 1. The zero-order valence-electron chi connectivity index (χ0n) is 12.1. The standard InChI is InChI=1S/C15H18N6S/c16-12-7-18-13-5-6-22-15(13)14(12)20-10-1-3-11(4-2-10)21-9-17-8-19-21/h5-11H,1-4,16H2,(H,18,20). The molecule has 22 heavy (non-hydrogen) atoms. The van der Waals surface area contributed by atoms with Crippen LogP contribution in [-0.4, -0.2) is 25.8 Å². The SMILES string of the molecule is Nc1cnc2ccsc2c1NC1CCC(n2cncn2)CC1. The predicted molar refractivity (Wildman–Crippen MR) is 89.0 cm³/mol. The summed E-state index contributed by atoms with van der Waals surface area (Å²) in [7, 11) is 0. The van der Waals surface area contributed by atoms with Gasteiger partial charge < -0.3 is 11.1 Å². The minimum Gasteiger partial charge on any atom is -0.396 e. The minimum atomic E-state index is 0.453. The van der Waals surface area contributed by atoms with Gasteiger partial charge in [0.15, 0.2) is 0 Å². The Kier molecular flexibility index (Phi) is 3.42. The Hall–Kier alpha value is -2.15. The Balaban J connectivity index is 1.48. The number of nitrogens with one attached hydrogen (secondary N) is 1. The third-order valence-electron chi connectivity index (χ3n) is 4.36. The molecule has 3 heterocycles. The Morgan fingerprint density at radius 1 is 1.27 bits per heavy atom. The van der Waals surface area contributed by atoms with E-state index in [4.69, 9.17) is 5.73 Å². The molecule has 1 saturated carbocycles. The maximum Gasteiger partial charge on any atom is 0.137 e. The van der Waals surface area contributed by atoms with Crippen LogP contribution >= 0.6 is 11.3 Å². The van der Waals surface area contributed by atoms with Crippen molar-refractivity contribution in [3.05, 3.63) is 30.3 Å². The molecule has 3 aromatic rings. The van der Waals surface area contributed by atoms with E-state index in [2.05, 4.69) is 25.8 Å². The van der Waals surface area contributed by atoms with E-state index in [1.54, 1.807) is 23.9 Å². The fraction of sp³-hybridized carbons (Fsp3) is 0.400. The molecule has 4 rings (SSSR count). The summed E-state index contributed by atoms with van der Waals surface area (Å²) in [6, 6.07) is 2.96. The van der Waals surface area contributed by atoms with E-state index in [-0.39, 0.29) is 0 Å². The van der Waals surface area contributed by atoms with Crippen molar-refractivity contribution >= 4 is 32.9 Å². The van der Waals surface area contributed by atoms with Crippen molar-refractivity contribution in [2.24, 2.45) is 0 Å². The van der Waals surface area contributed by atoms with Gasteiger partial charge in [-0.05, 0) is 37.1 Å². The second kappa shape index (κ2) is 5.57. The van der Waals surface area contributed by atoms with E-state index >= 15 is 0 Å². The lowest BCUT2D eigenvalue weighted by atomic mass is 9.91. The van der Waals surface area contributed by atoms with Gasteiger partial charge in [-0.1, -0.05) is 0 Å². The van der Waals surface area contributed by atoms with Gasteiger partial charge in [-0.3, -0.25) is 4.98 Å². The van der Waals surface area contributed by atoms with Crippen LogP contribution in [0.3, 0.4) is 0 Å². The lowest BCUT2D eigenvalue weighted by molar-refractivity contribution is 0.313. The maximum atomic E-state index is 6.13. The molecule has 0 aliphatic heterocycles. The maximum absolute atomic E-state index is 6.13. The predicted octanol–water partition coefficient (Wildman–Crippen LogP) is 3.07. The van der Waals surface area contributed by atoms with Crippen LogP contribution in [0.5, 0.6) is 0 Å². The molecule has 0 aromatic carbocycles. The van der Waals surface area contributed by atoms with E-state index in [1.165, 1.54) is 0 Å². The fourth-order valence-corrected chi connectivity index (χ4v) is 4.04. The first-order valence-electron chi connectivity index (χ1n) is 7.53. The Labute approximate surface area is 132 Å². The highest BCUT2D eigenvalue weighted by Crippen LogP contribution is 2.35. The quantitative estimate of drug-likeness (QED) is 0.776. The number of nitrogens with zero attached hydrogens (tertiary/aromatic N) is 4. The number of pyridine rings is 1. The van der Waals surface area contributed by atoms with Crippen LogP contribution in [0.4, 0.5) is 11.4 Å². The van der Waals surface area contributed by atoms with Crippen LogP contribution in [-0.2, 0) is 0 Å². The van der Waals surface area contributed by atoms with Gasteiger partial charge >= 0.3 is 0 Å². The first-order chi connectivity index (χ1) is 10.8. The molecule has 0 atom stereocenters. The van der Waals surface area contributed by atoms with Crippen LogP contribution in [0.15, 0.2) is 30.3 Å². The van der Waals surface area contributed by atoms with Crippen molar-refractivity contribution in [1.82, 2.24) is 19.7 Å². The Morgan fingerprint density at radius 2 is 2.14 bits per heavy atom. The van der Waals surface area contributed by atoms with Crippen molar-refractivity contribution in [1.29, 1.82) is 0 Å². The largest absolute Gasteiger partial charge is 0.396 e. The summed E-state index contributed by atoms with van der Waals surface area (Å²) < 4.78 is 3.13. The normalized spacial score (nSPS) is 22.0. The molecular formula is C15H18N6S. The average molecular weight is 314 g/mol. The van der Waals surface area contributed by atoms with Crippen LogP contribution in [0.25, 0.3) is 10.2 Å². The molecule has 6 nitrogen and oxygen atoms in total. The van der Waals surface area contributed by atoms with Crippen molar-refractivity contribution in [3.63, 3.8) is 0 Å². The molecule has 0 unspecified atom stereocenters. The number of nitrogens with two attached hydrogens (primary N) is 1. The number of hydrogen-bond acceptors (Lipinski definition) is 6. The summed E-state index contributed by atoms with van der Waals surface area (Å²) in [4.78, 5) is 8.41. The van der Waals surface area contributed by atoms with Gasteiger partial charge in [0.25, 0.3) is 0 Å². The molecule has 1 aliphatic rings. The van der Waals surface area contributed by atoms with Gasteiger partial charge in [0.05, 0.1) is 33.8 Å². The van der Waals surface area contributed by atoms with E-state index in [0.29, 0.717) is 12.1 Å². The molecule has 7 heteroatoms. The summed E-state index contributed by atoms with van der Waals surface area (Å²) in [6.07, 6.45) is 9.61. The van der Waals surface area contributed by atoms with Crippen LogP contribution in [0.2, 0.25) is 0 Å². The zero-order valence-corrected chi connectivity index (χ0v) is 13.0. The number of thiophene rings is 1. The van der Waals surface area contributed by atoms with Crippen LogP contribution < -0.4 is 11.1 Å². The third-order valence-corrected chi connectivity index (χ3v) is 5.28. The molecule has 0 radical (unpaired) electrons. The second-order valence-electron chi connectivity index (χ2n) is 5.75. The molecule has 1 fully saturated rings. The van der Waals surface area contributed by atoms with Gasteiger partial charge in [-0.15, -0.1) is 11.3 Å². The van der Waals surface area contributed by atoms with E-state index in [0.717, 1.165) is 47.3 Å². The Bertz CT molecular complexity index is 758. The first-order valence-corrected chi connectivity index (χ1v) is 8.41. The molecule has 0 bridgehead atoms. The van der Waals surface area contributed by atoms with Gasteiger partial charge in [-0.25, -0.2) is 9.67 Å². The summed E-state index contributed by atoms with van der Waals surface area (Å²) in [5, 5.41) is 9.96. The molecule has 3 aromatic heterocycles. The molecule has 0 saturated heterocycles. The number of aromatic nitrogens is 4. The van der Waals surface area contributed by atoms with Gasteiger partial charge in [0, 0.05) is 6.04 Å². The van der Waals surface area contributed by atoms with E-state index < -0.39 is 0 Å². The van der Waals surface area contributed by atoms with Crippen LogP contribution in [0.1, 0.15) is 31.7 Å². The molecule has 1 aliphatic carbocycles. The highest BCUT2D eigenvalue weighted by Gasteiger charge is 2.23. The third kappa shape index (κ3) is 2.41. The van der Waals surface area contributed by atoms with Gasteiger partial charge in [-0.2, -0.15) is 5.10 Å². The molecule has 0 amide bonds. The average Bonchev–Trinajstić information content (AvgIpc) is 3.22. The molecular weight excluding hydrogens is 296 g/mol. The van der Waals surface area contributed by atoms with Crippen molar-refractivity contribution in [3.8, 4) is 0 Å². The van der Waals surface area contributed by atoms with Crippen LogP contribution in [0, 0.1) is 0 Å². The van der Waals surface area contributed by atoms with Gasteiger partial charge in [0.1, 0.15) is 12.7 Å². The molecule has 114 valence electrons. The lowest BCUT2D eigenvalue weighted by Crippen LogP contribution is -2.28. The van der Waals surface area contributed by atoms with E-state index in [1.807, 2.05) is 17.1 Å².